The second kappa shape index (κ2) is 9.03. The monoisotopic (exact) mass is 488 g/mol. The maximum Gasteiger partial charge on any atom is 0.255 e. The number of aromatic nitrogens is 4. The van der Waals surface area contributed by atoms with Crippen LogP contribution in [0.2, 0.25) is 0 Å². The molecule has 1 aromatic carbocycles. The molecule has 36 heavy (non-hydrogen) atoms. The summed E-state index contributed by atoms with van der Waals surface area (Å²) in [5.41, 5.74) is 5.85. The van der Waals surface area contributed by atoms with Crippen molar-refractivity contribution in [3.8, 4) is 22.8 Å². The fourth-order valence-corrected chi connectivity index (χ4v) is 4.96. The van der Waals surface area contributed by atoms with Crippen LogP contribution in [0.4, 0.5) is 15.8 Å². The number of H-pyrrole nitrogens is 1. The van der Waals surface area contributed by atoms with E-state index >= 15 is 0 Å². The summed E-state index contributed by atoms with van der Waals surface area (Å²) in [5, 5.41) is 10.6. The Hall–Kier alpha value is -4.34. The number of hydrogen-bond acceptors (Lipinski definition) is 6. The SMILES string of the molecule is COc1c(F)cccc1Nc1c(-c2ccncc2OCc2cnn3c2CCC3)[nH]c2c1C(=O)NCC2. The quantitative estimate of drug-likeness (QED) is 0.364. The number of nitrogens with one attached hydrogen (secondary N) is 3. The molecule has 6 rings (SSSR count). The van der Waals surface area contributed by atoms with E-state index in [1.165, 1.54) is 18.9 Å². The third-order valence-corrected chi connectivity index (χ3v) is 6.65. The van der Waals surface area contributed by atoms with E-state index in [9.17, 15) is 9.18 Å². The van der Waals surface area contributed by atoms with Crippen LogP contribution < -0.4 is 20.1 Å². The minimum atomic E-state index is -0.500. The van der Waals surface area contributed by atoms with Crippen LogP contribution in [0.3, 0.4) is 0 Å². The van der Waals surface area contributed by atoms with Crippen LogP contribution in [0.5, 0.6) is 11.5 Å². The number of anilines is 2. The maximum atomic E-state index is 14.4. The highest BCUT2D eigenvalue weighted by Gasteiger charge is 2.29. The molecule has 4 aromatic rings. The fraction of sp³-hybridized carbons (Fsp3) is 0.269. The Morgan fingerprint density at radius 2 is 2.14 bits per heavy atom. The molecule has 0 aliphatic carbocycles. The number of hydrogen-bond donors (Lipinski definition) is 3. The molecule has 9 nitrogen and oxygen atoms in total. The topological polar surface area (TPSA) is 106 Å². The molecule has 0 saturated carbocycles. The number of ether oxygens (including phenoxy) is 2. The van der Waals surface area contributed by atoms with Gasteiger partial charge >= 0.3 is 0 Å². The molecule has 0 unspecified atom stereocenters. The van der Waals surface area contributed by atoms with Crippen molar-refractivity contribution >= 4 is 17.3 Å². The zero-order valence-corrected chi connectivity index (χ0v) is 19.7. The van der Waals surface area contributed by atoms with E-state index in [1.54, 1.807) is 24.5 Å². The van der Waals surface area contributed by atoms with Gasteiger partial charge in [0.15, 0.2) is 11.6 Å². The number of rotatable bonds is 7. The first-order valence-corrected chi connectivity index (χ1v) is 11.9. The third kappa shape index (κ3) is 3.74. The minimum absolute atomic E-state index is 0.0656. The van der Waals surface area contributed by atoms with Gasteiger partial charge in [-0.3, -0.25) is 14.5 Å². The van der Waals surface area contributed by atoms with Crippen molar-refractivity contribution in [3.63, 3.8) is 0 Å². The predicted molar refractivity (Wildman–Crippen MR) is 131 cm³/mol. The normalized spacial score (nSPS) is 14.2. The number of aryl methyl sites for hydroxylation is 1. The van der Waals surface area contributed by atoms with E-state index in [-0.39, 0.29) is 11.7 Å². The summed E-state index contributed by atoms with van der Waals surface area (Å²) < 4.78 is 28.0. The van der Waals surface area contributed by atoms with E-state index in [4.69, 9.17) is 9.47 Å². The van der Waals surface area contributed by atoms with Crippen LogP contribution in [-0.4, -0.2) is 39.3 Å². The molecule has 5 heterocycles. The lowest BCUT2D eigenvalue weighted by molar-refractivity contribution is 0.0947. The zero-order valence-electron chi connectivity index (χ0n) is 19.7. The van der Waals surface area contributed by atoms with Crippen molar-refractivity contribution in [2.75, 3.05) is 19.0 Å². The van der Waals surface area contributed by atoms with Crippen molar-refractivity contribution in [1.29, 1.82) is 0 Å². The van der Waals surface area contributed by atoms with E-state index in [0.717, 1.165) is 36.2 Å². The molecule has 0 fully saturated rings. The number of carbonyl (C=O) groups excluding carboxylic acids is 1. The molecule has 3 aromatic heterocycles. The molecule has 0 radical (unpaired) electrons. The number of para-hydroxylation sites is 1. The van der Waals surface area contributed by atoms with Crippen molar-refractivity contribution in [2.45, 2.75) is 32.4 Å². The summed E-state index contributed by atoms with van der Waals surface area (Å²) in [6, 6.07) is 6.45. The molecule has 2 aliphatic rings. The van der Waals surface area contributed by atoms with Gasteiger partial charge in [-0.1, -0.05) is 6.07 Å². The molecule has 0 saturated heterocycles. The lowest BCUT2D eigenvalue weighted by Gasteiger charge is -2.17. The Labute approximate surface area is 206 Å². The van der Waals surface area contributed by atoms with Gasteiger partial charge in [0.2, 0.25) is 0 Å². The van der Waals surface area contributed by atoms with Gasteiger partial charge in [0, 0.05) is 48.2 Å². The number of amides is 1. The molecule has 1 amide bonds. The number of pyridine rings is 1. The number of aromatic amines is 1. The fourth-order valence-electron chi connectivity index (χ4n) is 4.96. The summed E-state index contributed by atoms with van der Waals surface area (Å²) in [6.45, 7) is 1.82. The van der Waals surface area contributed by atoms with E-state index in [0.29, 0.717) is 48.0 Å². The van der Waals surface area contributed by atoms with Crippen molar-refractivity contribution in [3.05, 3.63) is 71.2 Å². The van der Waals surface area contributed by atoms with Gasteiger partial charge in [0.1, 0.15) is 12.4 Å². The number of benzene rings is 1. The Morgan fingerprint density at radius 3 is 3.03 bits per heavy atom. The number of methoxy groups -OCH3 is 1. The van der Waals surface area contributed by atoms with Gasteiger partial charge in [-0.25, -0.2) is 4.39 Å². The highest BCUT2D eigenvalue weighted by molar-refractivity contribution is 6.06. The number of nitrogens with zero attached hydrogens (tertiary/aromatic N) is 3. The van der Waals surface area contributed by atoms with Gasteiger partial charge in [0.05, 0.1) is 42.1 Å². The van der Waals surface area contributed by atoms with Crippen LogP contribution in [0, 0.1) is 5.82 Å². The van der Waals surface area contributed by atoms with Crippen LogP contribution in [0.1, 0.15) is 33.7 Å². The molecule has 0 spiro atoms. The van der Waals surface area contributed by atoms with Gasteiger partial charge < -0.3 is 25.1 Å². The van der Waals surface area contributed by atoms with Gasteiger partial charge in [-0.2, -0.15) is 5.10 Å². The lowest BCUT2D eigenvalue weighted by Crippen LogP contribution is -2.31. The maximum absolute atomic E-state index is 14.4. The van der Waals surface area contributed by atoms with Gasteiger partial charge in [-0.05, 0) is 31.0 Å². The first-order valence-electron chi connectivity index (χ1n) is 11.9. The molecule has 10 heteroatoms. The number of halogens is 1. The predicted octanol–water partition coefficient (Wildman–Crippen LogP) is 3.98. The number of carbonyl (C=O) groups is 1. The molecular weight excluding hydrogens is 463 g/mol. The van der Waals surface area contributed by atoms with Crippen molar-refractivity contribution < 1.29 is 18.7 Å². The van der Waals surface area contributed by atoms with E-state index in [1.807, 2.05) is 16.9 Å². The van der Waals surface area contributed by atoms with Crippen LogP contribution in [-0.2, 0) is 26.0 Å². The summed E-state index contributed by atoms with van der Waals surface area (Å²) in [4.78, 5) is 20.6. The van der Waals surface area contributed by atoms with Crippen LogP contribution in [0.15, 0.2) is 42.9 Å². The summed E-state index contributed by atoms with van der Waals surface area (Å²) in [5.74, 6) is -0.0808. The highest BCUT2D eigenvalue weighted by atomic mass is 19.1. The first-order chi connectivity index (χ1) is 17.6. The first kappa shape index (κ1) is 22.1. The Bertz CT molecular complexity index is 1460. The zero-order chi connectivity index (χ0) is 24.6. The molecular formula is C26H25FN6O3. The van der Waals surface area contributed by atoms with Crippen LogP contribution in [0.25, 0.3) is 11.3 Å². The summed E-state index contributed by atoms with van der Waals surface area (Å²) in [7, 11) is 1.41. The lowest BCUT2D eigenvalue weighted by atomic mass is 10.0. The molecule has 0 bridgehead atoms. The average Bonchev–Trinajstić information content (AvgIpc) is 3.59. The van der Waals surface area contributed by atoms with E-state index < -0.39 is 5.82 Å². The minimum Gasteiger partial charge on any atom is -0.492 e. The van der Waals surface area contributed by atoms with Gasteiger partial charge in [-0.15, -0.1) is 0 Å². The largest absolute Gasteiger partial charge is 0.492 e. The molecule has 0 atom stereocenters. The third-order valence-electron chi connectivity index (χ3n) is 6.65. The standard InChI is InChI=1S/C26H25FN6O3/c1-35-25-17(27)4-2-5-19(25)32-24-22-18(8-10-29-26(22)34)31-23(24)16-7-9-28-13-21(16)36-14-15-12-30-33-11-3-6-20(15)33/h2,4-5,7,9,12-13,31-32H,3,6,8,10-11,14H2,1H3,(H,29,34). The van der Waals surface area contributed by atoms with Gasteiger partial charge in [0.25, 0.3) is 5.91 Å². The highest BCUT2D eigenvalue weighted by Crippen LogP contribution is 2.42. The van der Waals surface area contributed by atoms with Crippen molar-refractivity contribution in [1.82, 2.24) is 25.1 Å². The second-order valence-corrected chi connectivity index (χ2v) is 8.78. The Morgan fingerprint density at radius 1 is 1.22 bits per heavy atom. The Balaban J connectivity index is 1.41. The second-order valence-electron chi connectivity index (χ2n) is 8.78. The molecule has 184 valence electrons. The molecule has 3 N–H and O–H groups in total. The van der Waals surface area contributed by atoms with E-state index in [2.05, 4.69) is 25.7 Å². The molecule has 2 aliphatic heterocycles. The number of fused-ring (bicyclic) bond motifs is 2. The summed E-state index contributed by atoms with van der Waals surface area (Å²) >= 11 is 0. The Kier molecular flexibility index (Phi) is 5.55. The van der Waals surface area contributed by atoms with Crippen molar-refractivity contribution in [2.24, 2.45) is 0 Å². The van der Waals surface area contributed by atoms with Crippen LogP contribution >= 0.6 is 0 Å². The summed E-state index contributed by atoms with van der Waals surface area (Å²) in [6.07, 6.45) is 7.90. The smallest absolute Gasteiger partial charge is 0.255 e. The average molecular weight is 489 g/mol.